The minimum absolute atomic E-state index is 0.107. The molecule has 8 nitrogen and oxygen atoms in total. The summed E-state index contributed by atoms with van der Waals surface area (Å²) in [7, 11) is 1.50. The fourth-order valence-electron chi connectivity index (χ4n) is 3.49. The molecule has 0 bridgehead atoms. The van der Waals surface area contributed by atoms with Crippen molar-refractivity contribution in [3.8, 4) is 5.95 Å². The van der Waals surface area contributed by atoms with Crippen molar-refractivity contribution in [3.05, 3.63) is 36.0 Å². The first-order valence-electron chi connectivity index (χ1n) is 8.82. The molecule has 26 heavy (non-hydrogen) atoms. The van der Waals surface area contributed by atoms with Crippen molar-refractivity contribution in [2.75, 3.05) is 25.1 Å². The van der Waals surface area contributed by atoms with Crippen LogP contribution in [0, 0.1) is 0 Å². The van der Waals surface area contributed by atoms with Gasteiger partial charge in [-0.2, -0.15) is 0 Å². The average Bonchev–Trinajstić information content (AvgIpc) is 3.26. The highest BCUT2D eigenvalue weighted by Crippen LogP contribution is 2.37. The number of aliphatic hydroxyl groups is 1. The Labute approximate surface area is 151 Å². The standard InChI is InChI=1S/C18H22N4O4/c1-25-17-3-2-15(26-17)18(24)21-12-6-11(7-12)14-8-16(20-10-19-14)22-5-4-13(23)9-22/h2-3,8,10-13,23H,4-7,9H2,1H3,(H,21,24). The average molecular weight is 358 g/mol. The summed E-state index contributed by atoms with van der Waals surface area (Å²) in [6.07, 6.45) is 3.74. The van der Waals surface area contributed by atoms with Gasteiger partial charge >= 0.3 is 0 Å². The summed E-state index contributed by atoms with van der Waals surface area (Å²) in [6.45, 7) is 1.43. The first-order chi connectivity index (χ1) is 12.6. The number of ether oxygens (including phenoxy) is 1. The Kier molecular flexibility index (Phi) is 4.50. The number of aromatic nitrogens is 2. The molecule has 2 aliphatic rings. The summed E-state index contributed by atoms with van der Waals surface area (Å²) >= 11 is 0. The predicted octanol–water partition coefficient (Wildman–Crippen LogP) is 1.33. The highest BCUT2D eigenvalue weighted by molar-refractivity contribution is 5.91. The number of nitrogens with zero attached hydrogens (tertiary/aromatic N) is 3. The summed E-state index contributed by atoms with van der Waals surface area (Å²) in [5, 5.41) is 12.7. The first-order valence-corrected chi connectivity index (χ1v) is 8.82. The molecule has 1 saturated heterocycles. The highest BCUT2D eigenvalue weighted by atomic mass is 16.6. The van der Waals surface area contributed by atoms with E-state index in [1.807, 2.05) is 6.07 Å². The lowest BCUT2D eigenvalue weighted by Gasteiger charge is -2.35. The molecule has 1 aliphatic heterocycles. The number of hydrogen-bond donors (Lipinski definition) is 2. The molecular formula is C18H22N4O4. The van der Waals surface area contributed by atoms with E-state index < -0.39 is 0 Å². The van der Waals surface area contributed by atoms with Crippen LogP contribution in [0.15, 0.2) is 28.9 Å². The zero-order valence-corrected chi connectivity index (χ0v) is 14.6. The van der Waals surface area contributed by atoms with E-state index in [0.29, 0.717) is 18.4 Å². The Hall–Kier alpha value is -2.61. The van der Waals surface area contributed by atoms with Gasteiger partial charge in [-0.15, -0.1) is 0 Å². The van der Waals surface area contributed by atoms with Crippen molar-refractivity contribution >= 4 is 11.7 Å². The number of rotatable bonds is 5. The number of aliphatic hydroxyl groups excluding tert-OH is 1. The highest BCUT2D eigenvalue weighted by Gasteiger charge is 2.33. The van der Waals surface area contributed by atoms with Crippen LogP contribution in [-0.4, -0.2) is 53.3 Å². The molecule has 138 valence electrons. The van der Waals surface area contributed by atoms with Gasteiger partial charge in [0.2, 0.25) is 0 Å². The second-order valence-electron chi connectivity index (χ2n) is 6.85. The molecule has 0 radical (unpaired) electrons. The van der Waals surface area contributed by atoms with Crippen LogP contribution in [0.5, 0.6) is 5.95 Å². The number of β-amino-alcohol motifs (C(OH)–C–C–N with tert-alkyl or cyclic N) is 1. The van der Waals surface area contributed by atoms with Crippen molar-refractivity contribution in [3.63, 3.8) is 0 Å². The Morgan fingerprint density at radius 2 is 2.23 bits per heavy atom. The van der Waals surface area contributed by atoms with Crippen molar-refractivity contribution in [1.29, 1.82) is 0 Å². The van der Waals surface area contributed by atoms with E-state index in [-0.39, 0.29) is 23.8 Å². The van der Waals surface area contributed by atoms with Crippen LogP contribution in [0.3, 0.4) is 0 Å². The second kappa shape index (κ2) is 6.95. The molecule has 3 heterocycles. The Bertz CT molecular complexity index is 787. The summed E-state index contributed by atoms with van der Waals surface area (Å²) in [5.74, 6) is 1.51. The third-order valence-electron chi connectivity index (χ3n) is 5.06. The molecular weight excluding hydrogens is 336 g/mol. The largest absolute Gasteiger partial charge is 0.468 e. The van der Waals surface area contributed by atoms with Gasteiger partial charge in [0.1, 0.15) is 12.1 Å². The summed E-state index contributed by atoms with van der Waals surface area (Å²) in [5.41, 5.74) is 0.988. The third kappa shape index (κ3) is 3.37. The molecule has 2 aromatic heterocycles. The van der Waals surface area contributed by atoms with Crippen molar-refractivity contribution in [2.45, 2.75) is 37.3 Å². The molecule has 1 amide bonds. The van der Waals surface area contributed by atoms with Crippen LogP contribution in [0.1, 0.15) is 41.4 Å². The van der Waals surface area contributed by atoms with Crippen LogP contribution in [-0.2, 0) is 0 Å². The van der Waals surface area contributed by atoms with Gasteiger partial charge in [-0.25, -0.2) is 9.97 Å². The lowest BCUT2D eigenvalue weighted by Crippen LogP contribution is -2.43. The molecule has 8 heteroatoms. The number of furan rings is 1. The zero-order chi connectivity index (χ0) is 18.1. The van der Waals surface area contributed by atoms with Gasteiger partial charge < -0.3 is 24.5 Å². The van der Waals surface area contributed by atoms with Gasteiger partial charge in [-0.3, -0.25) is 4.79 Å². The lowest BCUT2D eigenvalue weighted by atomic mass is 9.78. The number of hydrogen-bond acceptors (Lipinski definition) is 7. The molecule has 2 aromatic rings. The number of nitrogens with one attached hydrogen (secondary N) is 1. The molecule has 2 fully saturated rings. The molecule has 0 spiro atoms. The minimum Gasteiger partial charge on any atom is -0.468 e. The van der Waals surface area contributed by atoms with E-state index in [1.54, 1.807) is 18.5 Å². The van der Waals surface area contributed by atoms with Gasteiger partial charge in [0.25, 0.3) is 11.9 Å². The van der Waals surface area contributed by atoms with Gasteiger partial charge in [0.15, 0.2) is 5.76 Å². The van der Waals surface area contributed by atoms with E-state index in [1.165, 1.54) is 7.11 Å². The topological polar surface area (TPSA) is 101 Å². The monoisotopic (exact) mass is 358 g/mol. The maximum atomic E-state index is 12.2. The summed E-state index contributed by atoms with van der Waals surface area (Å²) < 4.78 is 10.2. The van der Waals surface area contributed by atoms with Gasteiger partial charge in [-0.05, 0) is 25.3 Å². The van der Waals surface area contributed by atoms with Crippen molar-refractivity contribution in [2.24, 2.45) is 0 Å². The maximum Gasteiger partial charge on any atom is 0.287 e. The summed E-state index contributed by atoms with van der Waals surface area (Å²) in [4.78, 5) is 23.0. The van der Waals surface area contributed by atoms with E-state index in [2.05, 4.69) is 20.2 Å². The van der Waals surface area contributed by atoms with E-state index in [9.17, 15) is 9.90 Å². The Balaban J connectivity index is 1.32. The van der Waals surface area contributed by atoms with Gasteiger partial charge in [-0.1, -0.05) is 0 Å². The van der Waals surface area contributed by atoms with E-state index >= 15 is 0 Å². The molecule has 0 aromatic carbocycles. The summed E-state index contributed by atoms with van der Waals surface area (Å²) in [6, 6.07) is 5.33. The SMILES string of the molecule is COc1ccc(C(=O)NC2CC(c3cc(N4CCC(O)C4)ncn3)C2)o1. The number of methoxy groups -OCH3 is 1. The fraction of sp³-hybridized carbons (Fsp3) is 0.500. The number of carbonyl (C=O) groups excluding carboxylic acids is 1. The maximum absolute atomic E-state index is 12.2. The zero-order valence-electron chi connectivity index (χ0n) is 14.6. The Morgan fingerprint density at radius 3 is 2.92 bits per heavy atom. The molecule has 4 rings (SSSR count). The van der Waals surface area contributed by atoms with Crippen LogP contribution in [0.25, 0.3) is 0 Å². The van der Waals surface area contributed by atoms with Gasteiger partial charge in [0, 0.05) is 42.9 Å². The predicted molar refractivity (Wildman–Crippen MR) is 93.4 cm³/mol. The normalized spacial score (nSPS) is 25.0. The lowest BCUT2D eigenvalue weighted by molar-refractivity contribution is 0.0873. The van der Waals surface area contributed by atoms with Crippen LogP contribution in [0.2, 0.25) is 0 Å². The molecule has 1 unspecified atom stereocenters. The van der Waals surface area contributed by atoms with Gasteiger partial charge in [0.05, 0.1) is 13.2 Å². The molecule has 1 saturated carbocycles. The number of amides is 1. The Morgan fingerprint density at radius 1 is 1.38 bits per heavy atom. The third-order valence-corrected chi connectivity index (χ3v) is 5.06. The van der Waals surface area contributed by atoms with E-state index in [0.717, 1.165) is 37.3 Å². The minimum atomic E-state index is -0.281. The fourth-order valence-corrected chi connectivity index (χ4v) is 3.49. The molecule has 1 aliphatic carbocycles. The van der Waals surface area contributed by atoms with Crippen molar-refractivity contribution < 1.29 is 19.1 Å². The number of carbonyl (C=O) groups is 1. The molecule has 2 N–H and O–H groups in total. The van der Waals surface area contributed by atoms with Crippen LogP contribution < -0.4 is 15.0 Å². The quantitative estimate of drug-likeness (QED) is 0.831. The van der Waals surface area contributed by atoms with E-state index in [4.69, 9.17) is 9.15 Å². The number of anilines is 1. The van der Waals surface area contributed by atoms with Crippen LogP contribution >= 0.6 is 0 Å². The van der Waals surface area contributed by atoms with Crippen molar-refractivity contribution in [1.82, 2.24) is 15.3 Å². The second-order valence-corrected chi connectivity index (χ2v) is 6.85. The molecule has 1 atom stereocenters. The van der Waals surface area contributed by atoms with Crippen LogP contribution in [0.4, 0.5) is 5.82 Å². The smallest absolute Gasteiger partial charge is 0.287 e. The first kappa shape index (κ1) is 16.8.